The van der Waals surface area contributed by atoms with Crippen LogP contribution in [0.3, 0.4) is 0 Å². The molecule has 0 bridgehead atoms. The Morgan fingerprint density at radius 3 is 2.46 bits per heavy atom. The Bertz CT molecular complexity index is 1810. The smallest absolute Gasteiger partial charge is 0.336 e. The fourth-order valence-electron chi connectivity index (χ4n) is 4.18. The third kappa shape index (κ3) is 5.53. The molecule has 0 spiro atoms. The number of carbonyl (C=O) groups is 2. The average molecular weight is 543 g/mol. The van der Waals surface area contributed by atoms with Gasteiger partial charge < -0.3 is 15.1 Å². The maximum absolute atomic E-state index is 13.7. The topological polar surface area (TPSA) is 115 Å². The van der Waals surface area contributed by atoms with Crippen LogP contribution in [0.2, 0.25) is 5.02 Å². The summed E-state index contributed by atoms with van der Waals surface area (Å²) in [5, 5.41) is 6.07. The Hall–Kier alpha value is -4.89. The largest absolute Gasteiger partial charge is 0.467 e. The summed E-state index contributed by atoms with van der Waals surface area (Å²) in [5.74, 6) is -0.374. The summed E-state index contributed by atoms with van der Waals surface area (Å²) in [6, 6.07) is 21.4. The SMILES string of the molecule is Cc1ccc(-n2c(=O)c3ccc(C(=O)NCc4ccco4)cc3n(CC(=O)Nc3cccc(Cl)c3)c2=O)cc1. The van der Waals surface area contributed by atoms with E-state index in [1.165, 1.54) is 29.0 Å². The minimum atomic E-state index is -0.717. The molecule has 0 radical (unpaired) electrons. The van der Waals surface area contributed by atoms with Gasteiger partial charge in [-0.05, 0) is 67.6 Å². The van der Waals surface area contributed by atoms with Gasteiger partial charge in [-0.1, -0.05) is 35.4 Å². The molecule has 5 rings (SSSR count). The highest BCUT2D eigenvalue weighted by atomic mass is 35.5. The molecule has 10 heteroatoms. The van der Waals surface area contributed by atoms with E-state index in [1.54, 1.807) is 60.7 Å². The van der Waals surface area contributed by atoms with Crippen molar-refractivity contribution in [2.24, 2.45) is 0 Å². The number of hydrogen-bond acceptors (Lipinski definition) is 5. The Kier molecular flexibility index (Phi) is 7.16. The molecule has 2 amide bonds. The number of carbonyl (C=O) groups excluding carboxylic acids is 2. The standard InChI is InChI=1S/C29H23ClN4O5/c1-18-7-10-22(11-8-18)34-28(37)24-12-9-19(27(36)31-16-23-6-3-13-39-23)14-25(24)33(29(34)38)17-26(35)32-21-5-2-4-20(30)15-21/h2-15H,16-17H2,1H3,(H,31,36)(H,32,35). The van der Waals surface area contributed by atoms with Crippen molar-refractivity contribution in [3.63, 3.8) is 0 Å². The Morgan fingerprint density at radius 2 is 1.74 bits per heavy atom. The van der Waals surface area contributed by atoms with Crippen molar-refractivity contribution in [2.75, 3.05) is 5.32 Å². The van der Waals surface area contributed by atoms with E-state index in [4.69, 9.17) is 16.0 Å². The molecule has 0 unspecified atom stereocenters. The van der Waals surface area contributed by atoms with Crippen LogP contribution in [0.5, 0.6) is 0 Å². The van der Waals surface area contributed by atoms with Crippen molar-refractivity contribution in [1.29, 1.82) is 0 Å². The molecule has 0 fully saturated rings. The molecule has 0 aliphatic heterocycles. The second-order valence-electron chi connectivity index (χ2n) is 8.90. The second kappa shape index (κ2) is 10.8. The van der Waals surface area contributed by atoms with Gasteiger partial charge in [-0.15, -0.1) is 0 Å². The van der Waals surface area contributed by atoms with Crippen LogP contribution in [-0.4, -0.2) is 20.9 Å². The number of rotatable bonds is 7. The first-order valence-corrected chi connectivity index (χ1v) is 12.4. The van der Waals surface area contributed by atoms with Gasteiger partial charge >= 0.3 is 5.69 Å². The lowest BCUT2D eigenvalue weighted by atomic mass is 10.1. The zero-order valence-electron chi connectivity index (χ0n) is 20.8. The summed E-state index contributed by atoms with van der Waals surface area (Å²) in [7, 11) is 0. The van der Waals surface area contributed by atoms with Crippen LogP contribution in [0, 0.1) is 6.92 Å². The summed E-state index contributed by atoms with van der Waals surface area (Å²) in [6.07, 6.45) is 1.50. The molecule has 196 valence electrons. The molecule has 2 aromatic heterocycles. The molecular weight excluding hydrogens is 520 g/mol. The molecule has 5 aromatic rings. The van der Waals surface area contributed by atoms with Gasteiger partial charge in [0.15, 0.2) is 0 Å². The van der Waals surface area contributed by atoms with Gasteiger partial charge in [-0.25, -0.2) is 9.36 Å². The number of nitrogens with one attached hydrogen (secondary N) is 2. The normalized spacial score (nSPS) is 10.9. The number of furan rings is 1. The molecule has 0 saturated heterocycles. The van der Waals surface area contributed by atoms with E-state index in [0.29, 0.717) is 22.2 Å². The van der Waals surface area contributed by atoms with E-state index in [1.807, 2.05) is 6.92 Å². The van der Waals surface area contributed by atoms with E-state index in [0.717, 1.165) is 10.1 Å². The van der Waals surface area contributed by atoms with Gasteiger partial charge in [0.05, 0.1) is 29.4 Å². The fourth-order valence-corrected chi connectivity index (χ4v) is 4.37. The highest BCUT2D eigenvalue weighted by Gasteiger charge is 2.19. The molecule has 0 saturated carbocycles. The molecule has 39 heavy (non-hydrogen) atoms. The quantitative estimate of drug-likeness (QED) is 0.318. The van der Waals surface area contributed by atoms with E-state index < -0.39 is 29.6 Å². The lowest BCUT2D eigenvalue weighted by Crippen LogP contribution is -2.41. The Balaban J connectivity index is 1.59. The van der Waals surface area contributed by atoms with Gasteiger partial charge in [0, 0.05) is 16.3 Å². The van der Waals surface area contributed by atoms with Crippen LogP contribution in [0.25, 0.3) is 16.6 Å². The first-order chi connectivity index (χ1) is 18.8. The Labute approximate surface area is 227 Å². The first-order valence-electron chi connectivity index (χ1n) is 12.0. The third-order valence-electron chi connectivity index (χ3n) is 6.11. The lowest BCUT2D eigenvalue weighted by molar-refractivity contribution is -0.116. The van der Waals surface area contributed by atoms with Gasteiger partial charge in [-0.3, -0.25) is 19.0 Å². The molecule has 3 aromatic carbocycles. The minimum Gasteiger partial charge on any atom is -0.467 e. The van der Waals surface area contributed by atoms with Crippen molar-refractivity contribution in [1.82, 2.24) is 14.5 Å². The monoisotopic (exact) mass is 542 g/mol. The van der Waals surface area contributed by atoms with Gasteiger partial charge in [-0.2, -0.15) is 0 Å². The number of anilines is 1. The maximum atomic E-state index is 13.7. The van der Waals surface area contributed by atoms with Crippen LogP contribution in [0.4, 0.5) is 5.69 Å². The number of hydrogen-bond donors (Lipinski definition) is 2. The number of benzene rings is 3. The molecule has 9 nitrogen and oxygen atoms in total. The number of nitrogens with zero attached hydrogens (tertiary/aromatic N) is 2. The number of amides is 2. The number of aromatic nitrogens is 2. The van der Waals surface area contributed by atoms with E-state index in [2.05, 4.69) is 10.6 Å². The van der Waals surface area contributed by atoms with E-state index >= 15 is 0 Å². The number of fused-ring (bicyclic) bond motifs is 1. The molecule has 2 N–H and O–H groups in total. The number of halogens is 1. The maximum Gasteiger partial charge on any atom is 0.336 e. The van der Waals surface area contributed by atoms with Crippen LogP contribution >= 0.6 is 11.6 Å². The predicted molar refractivity (Wildman–Crippen MR) is 149 cm³/mol. The van der Waals surface area contributed by atoms with Crippen LogP contribution in [0.1, 0.15) is 21.7 Å². The van der Waals surface area contributed by atoms with E-state index in [9.17, 15) is 19.2 Å². The summed E-state index contributed by atoms with van der Waals surface area (Å²) in [6.45, 7) is 1.64. The molecule has 0 aliphatic carbocycles. The van der Waals surface area contributed by atoms with Gasteiger partial charge in [0.1, 0.15) is 12.3 Å². The van der Waals surface area contributed by atoms with Crippen LogP contribution in [-0.2, 0) is 17.9 Å². The summed E-state index contributed by atoms with van der Waals surface area (Å²) >= 11 is 6.03. The van der Waals surface area contributed by atoms with Crippen LogP contribution in [0.15, 0.2) is 99.1 Å². The lowest BCUT2D eigenvalue weighted by Gasteiger charge is -2.15. The van der Waals surface area contributed by atoms with Crippen molar-refractivity contribution in [3.05, 3.63) is 128 Å². The molecule has 2 heterocycles. The predicted octanol–water partition coefficient (Wildman–Crippen LogP) is 4.28. The van der Waals surface area contributed by atoms with Gasteiger partial charge in [0.2, 0.25) is 5.91 Å². The molecule has 0 aliphatic rings. The highest BCUT2D eigenvalue weighted by molar-refractivity contribution is 6.30. The average Bonchev–Trinajstić information content (AvgIpc) is 3.44. The minimum absolute atomic E-state index is 0.153. The second-order valence-corrected chi connectivity index (χ2v) is 9.33. The van der Waals surface area contributed by atoms with Crippen molar-refractivity contribution >= 4 is 40.0 Å². The zero-order chi connectivity index (χ0) is 27.5. The van der Waals surface area contributed by atoms with E-state index in [-0.39, 0.29) is 23.0 Å². The summed E-state index contributed by atoms with van der Waals surface area (Å²) < 4.78 is 7.45. The first kappa shape index (κ1) is 25.7. The summed E-state index contributed by atoms with van der Waals surface area (Å²) in [5.41, 5.74) is 0.860. The third-order valence-corrected chi connectivity index (χ3v) is 6.35. The Morgan fingerprint density at radius 1 is 0.949 bits per heavy atom. The molecule has 0 atom stereocenters. The van der Waals surface area contributed by atoms with Crippen molar-refractivity contribution in [2.45, 2.75) is 20.0 Å². The highest BCUT2D eigenvalue weighted by Crippen LogP contribution is 2.17. The number of aryl methyl sites for hydroxylation is 1. The zero-order valence-corrected chi connectivity index (χ0v) is 21.6. The summed E-state index contributed by atoms with van der Waals surface area (Å²) in [4.78, 5) is 53.1. The van der Waals surface area contributed by atoms with Crippen molar-refractivity contribution in [3.8, 4) is 5.69 Å². The molecular formula is C29H23ClN4O5. The van der Waals surface area contributed by atoms with Crippen LogP contribution < -0.4 is 21.9 Å². The van der Waals surface area contributed by atoms with Gasteiger partial charge in [0.25, 0.3) is 11.5 Å². The van der Waals surface area contributed by atoms with Crippen molar-refractivity contribution < 1.29 is 14.0 Å². The fraction of sp³-hybridized carbons (Fsp3) is 0.103.